The Bertz CT molecular complexity index is 457. The van der Waals surface area contributed by atoms with E-state index in [4.69, 9.17) is 9.84 Å². The average molecular weight is 331 g/mol. The maximum absolute atomic E-state index is 10.8. The van der Waals surface area contributed by atoms with E-state index in [0.717, 1.165) is 10.0 Å². The summed E-state index contributed by atoms with van der Waals surface area (Å²) in [5.74, 6) is -0.154. The summed E-state index contributed by atoms with van der Waals surface area (Å²) in [7, 11) is 1.58. The molecule has 4 nitrogen and oxygen atoms in total. The van der Waals surface area contributed by atoms with Crippen LogP contribution in [-0.2, 0) is 4.79 Å². The number of carbonyl (C=O) groups is 1. The van der Waals surface area contributed by atoms with Crippen LogP contribution in [0.5, 0.6) is 5.75 Å². The third kappa shape index (κ3) is 4.84. The number of hydrogen-bond acceptors (Lipinski definition) is 3. The van der Waals surface area contributed by atoms with Crippen molar-refractivity contribution in [1.82, 2.24) is 0 Å². The normalized spacial score (nSPS) is 13.1. The minimum absolute atomic E-state index is 0.0256. The van der Waals surface area contributed by atoms with Crippen molar-refractivity contribution in [2.75, 3.05) is 7.11 Å². The van der Waals surface area contributed by atoms with Crippen LogP contribution in [0.2, 0.25) is 0 Å². The van der Waals surface area contributed by atoms with Crippen LogP contribution in [0.15, 0.2) is 22.7 Å². The summed E-state index contributed by atoms with van der Waals surface area (Å²) in [4.78, 5) is 10.8. The first-order valence-corrected chi connectivity index (χ1v) is 6.78. The highest BCUT2D eigenvalue weighted by atomic mass is 79.9. The quantitative estimate of drug-likeness (QED) is 0.839. The third-order valence-electron chi connectivity index (χ3n) is 2.94. The zero-order valence-electron chi connectivity index (χ0n) is 11.3. The number of rotatable bonds is 6. The molecule has 19 heavy (non-hydrogen) atoms. The van der Waals surface area contributed by atoms with E-state index in [1.807, 2.05) is 13.8 Å². The predicted molar refractivity (Wildman–Crippen MR) is 76.3 cm³/mol. The number of aliphatic hydroxyl groups is 1. The van der Waals surface area contributed by atoms with Gasteiger partial charge in [-0.15, -0.1) is 0 Å². The number of benzene rings is 1. The van der Waals surface area contributed by atoms with Crippen LogP contribution in [0.1, 0.15) is 38.4 Å². The molecule has 0 radical (unpaired) electrons. The zero-order valence-corrected chi connectivity index (χ0v) is 12.9. The highest BCUT2D eigenvalue weighted by Crippen LogP contribution is 2.36. The number of hydrogen-bond donors (Lipinski definition) is 2. The largest absolute Gasteiger partial charge is 0.497 e. The molecule has 0 amide bonds. The number of carboxylic acid groups (broad SMARTS) is 1. The first-order chi connectivity index (χ1) is 8.75. The second-order valence-electron chi connectivity index (χ2n) is 5.34. The number of carboxylic acids is 1. The van der Waals surface area contributed by atoms with Gasteiger partial charge in [0.15, 0.2) is 0 Å². The van der Waals surface area contributed by atoms with Gasteiger partial charge in [0.1, 0.15) is 5.75 Å². The molecule has 0 saturated heterocycles. The van der Waals surface area contributed by atoms with Gasteiger partial charge >= 0.3 is 5.97 Å². The van der Waals surface area contributed by atoms with Gasteiger partial charge in [-0.05, 0) is 29.5 Å². The van der Waals surface area contributed by atoms with E-state index in [1.165, 1.54) is 0 Å². The van der Waals surface area contributed by atoms with E-state index >= 15 is 0 Å². The molecule has 0 aromatic heterocycles. The van der Waals surface area contributed by atoms with Gasteiger partial charge in [0.25, 0.3) is 0 Å². The van der Waals surface area contributed by atoms with Crippen molar-refractivity contribution in [3.63, 3.8) is 0 Å². The van der Waals surface area contributed by atoms with E-state index in [2.05, 4.69) is 15.9 Å². The van der Waals surface area contributed by atoms with Crippen LogP contribution >= 0.6 is 15.9 Å². The summed E-state index contributed by atoms with van der Waals surface area (Å²) < 4.78 is 5.85. The van der Waals surface area contributed by atoms with Crippen LogP contribution in [0.3, 0.4) is 0 Å². The minimum atomic E-state index is -0.856. The summed E-state index contributed by atoms with van der Waals surface area (Å²) in [6.45, 7) is 3.67. The molecule has 1 rings (SSSR count). The van der Waals surface area contributed by atoms with Crippen molar-refractivity contribution in [2.24, 2.45) is 5.41 Å². The molecule has 0 heterocycles. The standard InChI is InChI=1S/C14H19BrO4/c1-14(2,8-13(17)18)7-12(16)10-5-4-9(19-3)6-11(10)15/h4-6,12,16H,7-8H2,1-3H3,(H,17,18). The summed E-state index contributed by atoms with van der Waals surface area (Å²) in [6.07, 6.45) is -0.308. The molecule has 1 aromatic rings. The third-order valence-corrected chi connectivity index (χ3v) is 3.63. The summed E-state index contributed by atoms with van der Waals surface area (Å²) in [5.41, 5.74) is 0.268. The van der Waals surface area contributed by atoms with Crippen LogP contribution in [0, 0.1) is 5.41 Å². The van der Waals surface area contributed by atoms with E-state index in [1.54, 1.807) is 25.3 Å². The van der Waals surface area contributed by atoms with Crippen molar-refractivity contribution >= 4 is 21.9 Å². The van der Waals surface area contributed by atoms with Crippen molar-refractivity contribution in [2.45, 2.75) is 32.8 Å². The van der Waals surface area contributed by atoms with Crippen LogP contribution in [0.4, 0.5) is 0 Å². The highest BCUT2D eigenvalue weighted by molar-refractivity contribution is 9.10. The molecule has 0 saturated carbocycles. The van der Waals surface area contributed by atoms with Gasteiger partial charge in [-0.3, -0.25) is 4.79 Å². The van der Waals surface area contributed by atoms with Gasteiger partial charge in [0, 0.05) is 4.47 Å². The Kier molecular flexibility index (Phi) is 5.38. The van der Waals surface area contributed by atoms with Crippen molar-refractivity contribution in [1.29, 1.82) is 0 Å². The maximum Gasteiger partial charge on any atom is 0.303 e. The summed E-state index contributed by atoms with van der Waals surface area (Å²) >= 11 is 3.39. The van der Waals surface area contributed by atoms with E-state index in [0.29, 0.717) is 12.2 Å². The Hall–Kier alpha value is -1.07. The molecule has 0 aliphatic carbocycles. The summed E-state index contributed by atoms with van der Waals surface area (Å²) in [5, 5.41) is 19.1. The molecule has 5 heteroatoms. The first-order valence-electron chi connectivity index (χ1n) is 5.98. The van der Waals surface area contributed by atoms with Gasteiger partial charge in [0.2, 0.25) is 0 Å². The molecule has 1 aromatic carbocycles. The highest BCUT2D eigenvalue weighted by Gasteiger charge is 2.26. The lowest BCUT2D eigenvalue weighted by Gasteiger charge is -2.26. The molecule has 0 aliphatic heterocycles. The molecule has 106 valence electrons. The topological polar surface area (TPSA) is 66.8 Å². The first kappa shape index (κ1) is 16.0. The summed E-state index contributed by atoms with van der Waals surface area (Å²) in [6, 6.07) is 5.33. The monoisotopic (exact) mass is 330 g/mol. The second-order valence-corrected chi connectivity index (χ2v) is 6.20. The lowest BCUT2D eigenvalue weighted by molar-refractivity contribution is -0.139. The fourth-order valence-electron chi connectivity index (χ4n) is 2.02. The van der Waals surface area contributed by atoms with E-state index < -0.39 is 17.5 Å². The van der Waals surface area contributed by atoms with Crippen LogP contribution in [-0.4, -0.2) is 23.3 Å². The molecule has 1 unspecified atom stereocenters. The minimum Gasteiger partial charge on any atom is -0.497 e. The number of aliphatic carboxylic acids is 1. The average Bonchev–Trinajstić information content (AvgIpc) is 2.25. The Labute approximate surface area is 121 Å². The van der Waals surface area contributed by atoms with E-state index in [-0.39, 0.29) is 6.42 Å². The number of methoxy groups -OCH3 is 1. The predicted octanol–water partition coefficient (Wildman–Crippen LogP) is 3.38. The number of ether oxygens (including phenoxy) is 1. The van der Waals surface area contributed by atoms with Crippen molar-refractivity contribution in [3.8, 4) is 5.75 Å². The molecule has 0 fully saturated rings. The molecule has 0 aliphatic rings. The van der Waals surface area contributed by atoms with Gasteiger partial charge in [0.05, 0.1) is 19.6 Å². The second kappa shape index (κ2) is 6.39. The van der Waals surface area contributed by atoms with Crippen molar-refractivity contribution in [3.05, 3.63) is 28.2 Å². The maximum atomic E-state index is 10.8. The smallest absolute Gasteiger partial charge is 0.303 e. The molecule has 0 bridgehead atoms. The SMILES string of the molecule is COc1ccc(C(O)CC(C)(C)CC(=O)O)c(Br)c1. The Balaban J connectivity index is 2.83. The van der Waals surface area contributed by atoms with Crippen molar-refractivity contribution < 1.29 is 19.7 Å². The lowest BCUT2D eigenvalue weighted by atomic mass is 9.82. The number of halogens is 1. The lowest BCUT2D eigenvalue weighted by Crippen LogP contribution is -2.20. The Morgan fingerprint density at radius 1 is 1.47 bits per heavy atom. The number of aliphatic hydroxyl groups excluding tert-OH is 1. The van der Waals surface area contributed by atoms with Gasteiger partial charge in [-0.1, -0.05) is 35.8 Å². The Morgan fingerprint density at radius 2 is 2.11 bits per heavy atom. The van der Waals surface area contributed by atoms with Gasteiger partial charge < -0.3 is 14.9 Å². The fraction of sp³-hybridized carbons (Fsp3) is 0.500. The molecule has 2 N–H and O–H groups in total. The fourth-order valence-corrected chi connectivity index (χ4v) is 2.64. The molecular weight excluding hydrogens is 312 g/mol. The van der Waals surface area contributed by atoms with Gasteiger partial charge in [-0.2, -0.15) is 0 Å². The molecular formula is C14H19BrO4. The van der Waals surface area contributed by atoms with E-state index in [9.17, 15) is 9.90 Å². The van der Waals surface area contributed by atoms with Crippen LogP contribution < -0.4 is 4.74 Å². The molecule has 0 spiro atoms. The zero-order chi connectivity index (χ0) is 14.6. The van der Waals surface area contributed by atoms with Gasteiger partial charge in [-0.25, -0.2) is 0 Å². The molecule has 1 atom stereocenters. The van der Waals surface area contributed by atoms with Crippen LogP contribution in [0.25, 0.3) is 0 Å². The Morgan fingerprint density at radius 3 is 2.58 bits per heavy atom.